The van der Waals surface area contributed by atoms with Crippen LogP contribution in [0.1, 0.15) is 284 Å². The van der Waals surface area contributed by atoms with E-state index in [1.54, 1.807) is 0 Å². The van der Waals surface area contributed by atoms with Gasteiger partial charge in [-0.25, -0.2) is 0 Å². The van der Waals surface area contributed by atoms with Crippen molar-refractivity contribution in [3.05, 3.63) is 48.6 Å². The number of unbranched alkanes of at least 4 members (excludes halogenated alkanes) is 31. The molecule has 0 heterocycles. The zero-order valence-electron chi connectivity index (χ0n) is 42.6. The molecule has 6 heteroatoms. The van der Waals surface area contributed by atoms with E-state index in [1.165, 1.54) is 161 Å². The van der Waals surface area contributed by atoms with Crippen LogP contribution in [0.5, 0.6) is 0 Å². The minimum absolute atomic E-state index is 0.0803. The number of carbonyl (C=O) groups excluding carboxylic acids is 3. The van der Waals surface area contributed by atoms with E-state index in [9.17, 15) is 14.4 Å². The number of allylic oxidation sites excluding steroid dienone is 8. The van der Waals surface area contributed by atoms with Crippen LogP contribution in [0.25, 0.3) is 0 Å². The summed E-state index contributed by atoms with van der Waals surface area (Å²) >= 11 is 0. The second kappa shape index (κ2) is 53.0. The van der Waals surface area contributed by atoms with E-state index in [1.807, 2.05) is 0 Å². The predicted molar refractivity (Wildman–Crippen MR) is 275 cm³/mol. The molecule has 0 radical (unpaired) electrons. The van der Waals surface area contributed by atoms with Gasteiger partial charge in [0.15, 0.2) is 6.10 Å². The molecule has 0 aromatic rings. The van der Waals surface area contributed by atoms with Crippen LogP contribution in [-0.4, -0.2) is 37.2 Å². The first-order valence-electron chi connectivity index (χ1n) is 27.6. The fraction of sp³-hybridized carbons (Fsp3) is 0.810. The van der Waals surface area contributed by atoms with Gasteiger partial charge in [-0.1, -0.05) is 217 Å². The first-order chi connectivity index (χ1) is 31.5. The van der Waals surface area contributed by atoms with Crippen molar-refractivity contribution in [1.29, 1.82) is 0 Å². The second-order valence-electron chi connectivity index (χ2n) is 18.5. The van der Waals surface area contributed by atoms with E-state index in [2.05, 4.69) is 69.4 Å². The van der Waals surface area contributed by atoms with Crippen molar-refractivity contribution in [2.75, 3.05) is 13.2 Å². The van der Waals surface area contributed by atoms with E-state index in [0.29, 0.717) is 19.3 Å². The van der Waals surface area contributed by atoms with Crippen LogP contribution in [0.15, 0.2) is 48.6 Å². The number of hydrogen-bond acceptors (Lipinski definition) is 6. The molecule has 372 valence electrons. The van der Waals surface area contributed by atoms with Crippen molar-refractivity contribution in [2.24, 2.45) is 0 Å². The van der Waals surface area contributed by atoms with Crippen LogP contribution in [0, 0.1) is 0 Å². The summed E-state index contributed by atoms with van der Waals surface area (Å²) in [5, 5.41) is 0. The highest BCUT2D eigenvalue weighted by atomic mass is 16.6. The molecule has 0 aliphatic carbocycles. The molecule has 0 spiro atoms. The molecule has 0 aromatic heterocycles. The third-order valence-corrected chi connectivity index (χ3v) is 12.0. The van der Waals surface area contributed by atoms with Gasteiger partial charge in [-0.2, -0.15) is 0 Å². The average Bonchev–Trinajstić information content (AvgIpc) is 3.29. The molecule has 6 nitrogen and oxygen atoms in total. The highest BCUT2D eigenvalue weighted by molar-refractivity contribution is 5.71. The van der Waals surface area contributed by atoms with Gasteiger partial charge in [0.2, 0.25) is 0 Å². The van der Waals surface area contributed by atoms with Crippen molar-refractivity contribution in [3.8, 4) is 0 Å². The van der Waals surface area contributed by atoms with E-state index in [0.717, 1.165) is 83.5 Å². The quantitative estimate of drug-likeness (QED) is 0.0262. The molecule has 0 rings (SSSR count). The Morgan fingerprint density at radius 1 is 0.312 bits per heavy atom. The van der Waals surface area contributed by atoms with Gasteiger partial charge >= 0.3 is 17.9 Å². The maximum Gasteiger partial charge on any atom is 0.306 e. The minimum Gasteiger partial charge on any atom is -0.462 e. The smallest absolute Gasteiger partial charge is 0.306 e. The second-order valence-corrected chi connectivity index (χ2v) is 18.5. The Labute approximate surface area is 397 Å². The monoisotopic (exact) mass is 897 g/mol. The zero-order chi connectivity index (χ0) is 46.5. The molecule has 0 bridgehead atoms. The number of rotatable bonds is 50. The van der Waals surface area contributed by atoms with Gasteiger partial charge in [0.05, 0.1) is 0 Å². The van der Waals surface area contributed by atoms with Gasteiger partial charge in [-0.05, 0) is 96.3 Å². The highest BCUT2D eigenvalue weighted by Crippen LogP contribution is 2.15. The van der Waals surface area contributed by atoms with Crippen molar-refractivity contribution in [1.82, 2.24) is 0 Å². The minimum atomic E-state index is -0.780. The van der Waals surface area contributed by atoms with Gasteiger partial charge < -0.3 is 14.2 Å². The Hall–Kier alpha value is -2.63. The van der Waals surface area contributed by atoms with Crippen molar-refractivity contribution in [3.63, 3.8) is 0 Å². The zero-order valence-corrected chi connectivity index (χ0v) is 42.6. The Kier molecular flexibility index (Phi) is 50.8. The lowest BCUT2D eigenvalue weighted by Crippen LogP contribution is -2.30. The molecule has 1 atom stereocenters. The van der Waals surface area contributed by atoms with Crippen LogP contribution < -0.4 is 0 Å². The fourth-order valence-electron chi connectivity index (χ4n) is 7.80. The van der Waals surface area contributed by atoms with Crippen molar-refractivity contribution in [2.45, 2.75) is 290 Å². The predicted octanol–water partition coefficient (Wildman–Crippen LogP) is 18.3. The van der Waals surface area contributed by atoms with Crippen LogP contribution in [0.2, 0.25) is 0 Å². The lowest BCUT2D eigenvalue weighted by molar-refractivity contribution is -0.167. The molecular formula is C58H104O6. The lowest BCUT2D eigenvalue weighted by atomic mass is 10.1. The highest BCUT2D eigenvalue weighted by Gasteiger charge is 2.19. The third-order valence-electron chi connectivity index (χ3n) is 12.0. The molecule has 64 heavy (non-hydrogen) atoms. The lowest BCUT2D eigenvalue weighted by Gasteiger charge is -2.18. The number of esters is 3. The topological polar surface area (TPSA) is 78.9 Å². The first-order valence-corrected chi connectivity index (χ1v) is 27.6. The van der Waals surface area contributed by atoms with Crippen LogP contribution in [0.3, 0.4) is 0 Å². The average molecular weight is 897 g/mol. The molecule has 0 N–H and O–H groups in total. The molecule has 0 amide bonds. The number of ether oxygens (including phenoxy) is 3. The van der Waals surface area contributed by atoms with Gasteiger partial charge in [0.1, 0.15) is 13.2 Å². The van der Waals surface area contributed by atoms with E-state index < -0.39 is 6.10 Å². The molecule has 0 saturated carbocycles. The van der Waals surface area contributed by atoms with E-state index in [4.69, 9.17) is 14.2 Å². The Morgan fingerprint density at radius 3 is 0.922 bits per heavy atom. The largest absolute Gasteiger partial charge is 0.462 e. The summed E-state index contributed by atoms with van der Waals surface area (Å²) in [5.41, 5.74) is 0. The molecular weight excluding hydrogens is 793 g/mol. The first kappa shape index (κ1) is 61.4. The number of carbonyl (C=O) groups is 3. The van der Waals surface area contributed by atoms with Crippen molar-refractivity contribution < 1.29 is 28.6 Å². The van der Waals surface area contributed by atoms with Gasteiger partial charge in [0, 0.05) is 19.3 Å². The summed E-state index contributed by atoms with van der Waals surface area (Å²) in [5.74, 6) is -0.894. The molecule has 0 aromatic carbocycles. The van der Waals surface area contributed by atoms with Crippen LogP contribution >= 0.6 is 0 Å². The third kappa shape index (κ3) is 50.4. The van der Waals surface area contributed by atoms with Crippen LogP contribution in [0.4, 0.5) is 0 Å². The summed E-state index contributed by atoms with van der Waals surface area (Å²) in [6.45, 7) is 6.58. The normalized spacial score (nSPS) is 12.4. The Morgan fingerprint density at radius 2 is 0.578 bits per heavy atom. The number of hydrogen-bond donors (Lipinski definition) is 0. The fourth-order valence-corrected chi connectivity index (χ4v) is 7.80. The van der Waals surface area contributed by atoms with Gasteiger partial charge in [-0.3, -0.25) is 14.4 Å². The molecule has 0 saturated heterocycles. The maximum atomic E-state index is 12.8. The molecule has 0 fully saturated rings. The summed E-state index contributed by atoms with van der Waals surface area (Å²) < 4.78 is 16.8. The molecule has 0 aliphatic rings. The molecule has 0 aliphatic heterocycles. The van der Waals surface area contributed by atoms with Gasteiger partial charge in [-0.15, -0.1) is 0 Å². The Balaban J connectivity index is 4.31. The van der Waals surface area contributed by atoms with Gasteiger partial charge in [0.25, 0.3) is 0 Å². The van der Waals surface area contributed by atoms with Crippen LogP contribution in [-0.2, 0) is 28.6 Å². The summed E-state index contributed by atoms with van der Waals surface area (Å²) in [6, 6.07) is 0. The Bertz CT molecular complexity index is 1120. The maximum absolute atomic E-state index is 12.8. The van der Waals surface area contributed by atoms with E-state index in [-0.39, 0.29) is 31.1 Å². The SMILES string of the molecule is CCCC/C=C\CCCCCCCC(=O)OCC(COC(=O)CCCCCCCCCCC/C=C\C/C=C\CCCCCCC)OC(=O)CCCCCCC/C=C\CCCCCCC. The summed E-state index contributed by atoms with van der Waals surface area (Å²) in [7, 11) is 0. The standard InChI is InChI=1S/C58H104O6/c1-4-7-10-13-16-19-22-24-26-27-28-29-30-31-32-34-36-39-42-45-48-51-57(60)63-54-55(53-62-56(59)50-47-44-41-38-35-21-18-15-12-9-6-3)64-58(61)52-49-46-43-40-37-33-25-23-20-17-14-11-8-5-2/h15,18,22-25,27-28,55H,4-14,16-17,19-21,26,29-54H2,1-3H3/b18-15-,24-22-,25-23-,28-27-. The van der Waals surface area contributed by atoms with Crippen molar-refractivity contribution >= 4 is 17.9 Å². The summed E-state index contributed by atoms with van der Waals surface area (Å²) in [6.07, 6.45) is 63.8. The summed E-state index contributed by atoms with van der Waals surface area (Å²) in [4.78, 5) is 38.0. The van der Waals surface area contributed by atoms with E-state index >= 15 is 0 Å². The molecule has 1 unspecified atom stereocenters.